The fourth-order valence-corrected chi connectivity index (χ4v) is 1.89. The van der Waals surface area contributed by atoms with Gasteiger partial charge in [0.2, 0.25) is 0 Å². The molecule has 0 aliphatic carbocycles. The molecular weight excluding hydrogens is 270 g/mol. The first-order valence-corrected chi connectivity index (χ1v) is 6.30. The van der Waals surface area contributed by atoms with Gasteiger partial charge < -0.3 is 9.64 Å². The molecule has 1 aromatic heterocycles. The van der Waals surface area contributed by atoms with Gasteiger partial charge in [-0.3, -0.25) is 0 Å². The van der Waals surface area contributed by atoms with Crippen molar-refractivity contribution in [2.75, 3.05) is 31.2 Å². The van der Waals surface area contributed by atoms with E-state index in [2.05, 4.69) is 37.7 Å². The van der Waals surface area contributed by atoms with Crippen LogP contribution < -0.4 is 4.90 Å². The molecule has 16 heavy (non-hydrogen) atoms. The Morgan fingerprint density at radius 2 is 2.12 bits per heavy atom. The summed E-state index contributed by atoms with van der Waals surface area (Å²) in [5.74, 6) is 1.72. The molecule has 0 amide bonds. The van der Waals surface area contributed by atoms with Crippen molar-refractivity contribution in [3.8, 4) is 0 Å². The summed E-state index contributed by atoms with van der Waals surface area (Å²) in [7, 11) is 0. The Kier molecular flexibility index (Phi) is 5.69. The van der Waals surface area contributed by atoms with Gasteiger partial charge in [-0.1, -0.05) is 0 Å². The van der Waals surface area contributed by atoms with E-state index in [1.54, 1.807) is 0 Å². The van der Waals surface area contributed by atoms with Gasteiger partial charge in [0.05, 0.1) is 6.61 Å². The molecule has 0 saturated heterocycles. The highest BCUT2D eigenvalue weighted by Gasteiger charge is 2.07. The summed E-state index contributed by atoms with van der Waals surface area (Å²) in [5.41, 5.74) is 0. The minimum Gasteiger partial charge on any atom is -0.380 e. The fraction of sp³-hybridized carbons (Fsp3) is 0.636. The van der Waals surface area contributed by atoms with Crippen molar-refractivity contribution in [3.05, 3.63) is 16.5 Å². The van der Waals surface area contributed by atoms with Crippen molar-refractivity contribution in [1.82, 2.24) is 9.97 Å². The first kappa shape index (κ1) is 13.4. The van der Waals surface area contributed by atoms with Gasteiger partial charge in [-0.15, -0.1) is 0 Å². The number of likely N-dealkylation sites (N-methyl/N-ethyl adjacent to an activating group) is 1. The van der Waals surface area contributed by atoms with Gasteiger partial charge in [0, 0.05) is 25.8 Å². The fourth-order valence-electron chi connectivity index (χ4n) is 1.43. The van der Waals surface area contributed by atoms with E-state index in [1.807, 2.05) is 19.9 Å². The number of nitrogens with zero attached hydrogens (tertiary/aromatic N) is 3. The van der Waals surface area contributed by atoms with Crippen LogP contribution in [0.1, 0.15) is 19.7 Å². The molecular formula is C11H18BrN3O. The van der Waals surface area contributed by atoms with Crippen LogP contribution >= 0.6 is 15.9 Å². The summed E-state index contributed by atoms with van der Waals surface area (Å²) in [6.45, 7) is 9.25. The van der Waals surface area contributed by atoms with Crippen molar-refractivity contribution in [1.29, 1.82) is 0 Å². The molecule has 1 rings (SSSR count). The van der Waals surface area contributed by atoms with Crippen LogP contribution in [0.4, 0.5) is 5.82 Å². The lowest BCUT2D eigenvalue weighted by Gasteiger charge is -2.22. The van der Waals surface area contributed by atoms with Crippen LogP contribution in [0.2, 0.25) is 0 Å². The standard InChI is InChI=1S/C11H18BrN3O/c1-4-15(6-7-16-5-2)11-8-10(12)13-9(3)14-11/h8H,4-7H2,1-3H3. The average molecular weight is 288 g/mol. The maximum Gasteiger partial charge on any atom is 0.133 e. The van der Waals surface area contributed by atoms with Crippen molar-refractivity contribution < 1.29 is 4.74 Å². The molecule has 5 heteroatoms. The molecule has 0 atom stereocenters. The number of aryl methyl sites for hydroxylation is 1. The van der Waals surface area contributed by atoms with Crippen molar-refractivity contribution in [2.45, 2.75) is 20.8 Å². The van der Waals surface area contributed by atoms with Gasteiger partial charge in [0.25, 0.3) is 0 Å². The number of hydrogen-bond acceptors (Lipinski definition) is 4. The minimum absolute atomic E-state index is 0.727. The number of anilines is 1. The lowest BCUT2D eigenvalue weighted by Crippen LogP contribution is -2.28. The zero-order valence-electron chi connectivity index (χ0n) is 10.0. The summed E-state index contributed by atoms with van der Waals surface area (Å²) < 4.78 is 6.17. The van der Waals surface area contributed by atoms with E-state index in [0.29, 0.717) is 0 Å². The molecule has 0 bridgehead atoms. The monoisotopic (exact) mass is 287 g/mol. The lowest BCUT2D eigenvalue weighted by molar-refractivity contribution is 0.154. The molecule has 1 aromatic rings. The molecule has 0 radical (unpaired) electrons. The number of rotatable bonds is 6. The van der Waals surface area contributed by atoms with Crippen LogP contribution in [0.15, 0.2) is 10.7 Å². The third-order valence-corrected chi connectivity index (χ3v) is 2.61. The number of hydrogen-bond donors (Lipinski definition) is 0. The van der Waals surface area contributed by atoms with Crippen molar-refractivity contribution >= 4 is 21.7 Å². The van der Waals surface area contributed by atoms with Crippen LogP contribution in [0.5, 0.6) is 0 Å². The average Bonchev–Trinajstić information content (AvgIpc) is 2.23. The maximum absolute atomic E-state index is 5.35. The molecule has 0 aromatic carbocycles. The molecule has 0 N–H and O–H groups in total. The molecule has 4 nitrogen and oxygen atoms in total. The first-order valence-electron chi connectivity index (χ1n) is 5.51. The molecule has 90 valence electrons. The summed E-state index contributed by atoms with van der Waals surface area (Å²) >= 11 is 3.38. The molecule has 0 aliphatic rings. The van der Waals surface area contributed by atoms with E-state index in [1.165, 1.54) is 0 Å². The SMILES string of the molecule is CCOCCN(CC)c1cc(Br)nc(C)n1. The van der Waals surface area contributed by atoms with Gasteiger partial charge in [-0.2, -0.15) is 0 Å². The summed E-state index contributed by atoms with van der Waals surface area (Å²) in [5, 5.41) is 0. The predicted molar refractivity (Wildman–Crippen MR) is 68.8 cm³/mol. The quantitative estimate of drug-likeness (QED) is 0.595. The Morgan fingerprint density at radius 3 is 2.69 bits per heavy atom. The number of halogens is 1. The molecule has 0 unspecified atom stereocenters. The van der Waals surface area contributed by atoms with Gasteiger partial charge in [-0.25, -0.2) is 9.97 Å². The van der Waals surface area contributed by atoms with Gasteiger partial charge >= 0.3 is 0 Å². The second-order valence-electron chi connectivity index (χ2n) is 3.37. The highest BCUT2D eigenvalue weighted by Crippen LogP contribution is 2.15. The second-order valence-corrected chi connectivity index (χ2v) is 4.19. The van der Waals surface area contributed by atoms with E-state index in [9.17, 15) is 0 Å². The molecule has 0 aliphatic heterocycles. The van der Waals surface area contributed by atoms with Crippen molar-refractivity contribution in [2.24, 2.45) is 0 Å². The van der Waals surface area contributed by atoms with Crippen LogP contribution in [-0.4, -0.2) is 36.3 Å². The maximum atomic E-state index is 5.35. The van der Waals surface area contributed by atoms with E-state index >= 15 is 0 Å². The predicted octanol–water partition coefficient (Wildman–Crippen LogP) is 2.41. The van der Waals surface area contributed by atoms with Gasteiger partial charge in [-0.05, 0) is 36.7 Å². The zero-order valence-corrected chi connectivity index (χ0v) is 11.6. The highest BCUT2D eigenvalue weighted by molar-refractivity contribution is 9.10. The van der Waals surface area contributed by atoms with Crippen LogP contribution in [0.3, 0.4) is 0 Å². The van der Waals surface area contributed by atoms with E-state index in [-0.39, 0.29) is 0 Å². The third-order valence-electron chi connectivity index (χ3n) is 2.21. The Labute approximate surface area is 105 Å². The smallest absolute Gasteiger partial charge is 0.133 e. The van der Waals surface area contributed by atoms with E-state index in [0.717, 1.165) is 42.5 Å². The van der Waals surface area contributed by atoms with Crippen LogP contribution in [0.25, 0.3) is 0 Å². The number of aromatic nitrogens is 2. The van der Waals surface area contributed by atoms with E-state index < -0.39 is 0 Å². The Balaban J connectivity index is 2.70. The molecule has 0 saturated carbocycles. The highest BCUT2D eigenvalue weighted by atomic mass is 79.9. The van der Waals surface area contributed by atoms with Crippen molar-refractivity contribution in [3.63, 3.8) is 0 Å². The third kappa shape index (κ3) is 4.06. The van der Waals surface area contributed by atoms with Crippen LogP contribution in [-0.2, 0) is 4.74 Å². The summed E-state index contributed by atoms with van der Waals surface area (Å²) in [6, 6.07) is 1.93. The minimum atomic E-state index is 0.727. The second kappa shape index (κ2) is 6.81. The topological polar surface area (TPSA) is 38.2 Å². The molecule has 1 heterocycles. The van der Waals surface area contributed by atoms with Crippen LogP contribution in [0, 0.1) is 6.92 Å². The van der Waals surface area contributed by atoms with Gasteiger partial charge in [0.15, 0.2) is 0 Å². The van der Waals surface area contributed by atoms with Gasteiger partial charge in [0.1, 0.15) is 16.2 Å². The summed E-state index contributed by atoms with van der Waals surface area (Å²) in [4.78, 5) is 10.8. The molecule has 0 fully saturated rings. The number of ether oxygens (including phenoxy) is 1. The normalized spacial score (nSPS) is 10.5. The van der Waals surface area contributed by atoms with E-state index in [4.69, 9.17) is 4.74 Å². The zero-order chi connectivity index (χ0) is 12.0. The Bertz CT molecular complexity index is 313. The Hall–Kier alpha value is -0.680. The Morgan fingerprint density at radius 1 is 1.38 bits per heavy atom. The lowest BCUT2D eigenvalue weighted by atomic mass is 10.4. The molecule has 0 spiro atoms. The first-order chi connectivity index (χ1) is 7.67. The summed E-state index contributed by atoms with van der Waals surface area (Å²) in [6.07, 6.45) is 0. The largest absolute Gasteiger partial charge is 0.380 e.